The third-order valence-corrected chi connectivity index (χ3v) is 3.43. The summed E-state index contributed by atoms with van der Waals surface area (Å²) >= 11 is 0. The van der Waals surface area contributed by atoms with Crippen molar-refractivity contribution in [1.29, 1.82) is 0 Å². The maximum atomic E-state index is 12.3. The highest BCUT2D eigenvalue weighted by Crippen LogP contribution is 2.31. The second-order valence-electron chi connectivity index (χ2n) is 6.32. The van der Waals surface area contributed by atoms with Crippen LogP contribution in [0, 0.1) is 17.3 Å². The fourth-order valence-corrected chi connectivity index (χ4v) is 2.62. The van der Waals surface area contributed by atoms with Crippen molar-refractivity contribution >= 4 is 11.9 Å². The van der Waals surface area contributed by atoms with Gasteiger partial charge in [0.25, 0.3) is 0 Å². The zero-order valence-electron chi connectivity index (χ0n) is 11.4. The lowest BCUT2D eigenvalue weighted by Crippen LogP contribution is -2.46. The molecule has 0 aromatic rings. The van der Waals surface area contributed by atoms with Gasteiger partial charge in [-0.15, -0.1) is 0 Å². The SMILES string of the molecule is CC1CC(C)N(C(=O)C(C(=O)O)C(C)(C)C)C1. The van der Waals surface area contributed by atoms with Crippen LogP contribution in [0.15, 0.2) is 0 Å². The van der Waals surface area contributed by atoms with Gasteiger partial charge in [0.05, 0.1) is 0 Å². The number of amides is 1. The zero-order chi connectivity index (χ0) is 13.4. The average Bonchev–Trinajstić information content (AvgIpc) is 2.41. The fraction of sp³-hybridized carbons (Fsp3) is 0.846. The fourth-order valence-electron chi connectivity index (χ4n) is 2.62. The van der Waals surface area contributed by atoms with E-state index in [0.717, 1.165) is 6.42 Å². The predicted octanol–water partition coefficient (Wildman–Crippen LogP) is 1.99. The largest absolute Gasteiger partial charge is 0.481 e. The van der Waals surface area contributed by atoms with E-state index >= 15 is 0 Å². The quantitative estimate of drug-likeness (QED) is 0.752. The van der Waals surface area contributed by atoms with Crippen LogP contribution in [0.5, 0.6) is 0 Å². The smallest absolute Gasteiger partial charge is 0.316 e. The number of hydrogen-bond donors (Lipinski definition) is 1. The summed E-state index contributed by atoms with van der Waals surface area (Å²) in [5.74, 6) is -1.74. The highest BCUT2D eigenvalue weighted by molar-refractivity contribution is 5.98. The van der Waals surface area contributed by atoms with Crippen LogP contribution in [0.2, 0.25) is 0 Å². The van der Waals surface area contributed by atoms with Crippen molar-refractivity contribution in [1.82, 2.24) is 4.90 Å². The molecular weight excluding hydrogens is 218 g/mol. The second kappa shape index (κ2) is 4.67. The minimum atomic E-state index is -1.02. The van der Waals surface area contributed by atoms with Crippen LogP contribution in [0.25, 0.3) is 0 Å². The van der Waals surface area contributed by atoms with Gasteiger partial charge in [-0.2, -0.15) is 0 Å². The van der Waals surface area contributed by atoms with Crippen LogP contribution in [-0.2, 0) is 9.59 Å². The van der Waals surface area contributed by atoms with E-state index in [1.165, 1.54) is 0 Å². The zero-order valence-corrected chi connectivity index (χ0v) is 11.4. The highest BCUT2D eigenvalue weighted by Gasteiger charge is 2.43. The van der Waals surface area contributed by atoms with Gasteiger partial charge in [-0.05, 0) is 24.7 Å². The molecule has 0 bridgehead atoms. The number of aliphatic carboxylic acids is 1. The van der Waals surface area contributed by atoms with E-state index in [1.54, 1.807) is 25.7 Å². The Kier molecular flexibility index (Phi) is 3.84. The lowest BCUT2D eigenvalue weighted by molar-refractivity contribution is -0.156. The Labute approximate surface area is 103 Å². The van der Waals surface area contributed by atoms with Gasteiger partial charge in [-0.1, -0.05) is 27.7 Å². The molecular formula is C13H23NO3. The number of likely N-dealkylation sites (tertiary alicyclic amines) is 1. The van der Waals surface area contributed by atoms with Crippen molar-refractivity contribution in [2.24, 2.45) is 17.3 Å². The van der Waals surface area contributed by atoms with Gasteiger partial charge in [-0.25, -0.2) is 0 Å². The topological polar surface area (TPSA) is 57.6 Å². The molecule has 0 spiro atoms. The lowest BCUT2D eigenvalue weighted by Gasteiger charge is -2.31. The van der Waals surface area contributed by atoms with E-state index in [2.05, 4.69) is 6.92 Å². The summed E-state index contributed by atoms with van der Waals surface area (Å²) in [4.78, 5) is 25.4. The number of carboxylic acids is 1. The molecule has 1 N–H and O–H groups in total. The first-order valence-electron chi connectivity index (χ1n) is 6.18. The van der Waals surface area contributed by atoms with E-state index < -0.39 is 17.3 Å². The van der Waals surface area contributed by atoms with Crippen LogP contribution in [0.4, 0.5) is 0 Å². The third-order valence-electron chi connectivity index (χ3n) is 3.43. The third kappa shape index (κ3) is 2.99. The molecule has 1 rings (SSSR count). The van der Waals surface area contributed by atoms with Crippen LogP contribution >= 0.6 is 0 Å². The minimum Gasteiger partial charge on any atom is -0.481 e. The summed E-state index contributed by atoms with van der Waals surface area (Å²) in [7, 11) is 0. The molecule has 0 radical (unpaired) electrons. The molecule has 3 unspecified atom stereocenters. The van der Waals surface area contributed by atoms with Crippen molar-refractivity contribution in [3.8, 4) is 0 Å². The first kappa shape index (κ1) is 14.0. The van der Waals surface area contributed by atoms with Gasteiger partial charge in [0, 0.05) is 12.6 Å². The molecule has 1 aliphatic rings. The number of carbonyl (C=O) groups excluding carboxylic acids is 1. The van der Waals surface area contributed by atoms with E-state index in [9.17, 15) is 14.7 Å². The minimum absolute atomic E-state index is 0.154. The monoisotopic (exact) mass is 241 g/mol. The van der Waals surface area contributed by atoms with Gasteiger partial charge in [0.15, 0.2) is 0 Å². The van der Waals surface area contributed by atoms with E-state index in [0.29, 0.717) is 12.5 Å². The summed E-state index contributed by atoms with van der Waals surface area (Å²) in [6.07, 6.45) is 0.961. The molecule has 0 aliphatic carbocycles. The molecule has 0 aromatic heterocycles. The number of carbonyl (C=O) groups is 2. The van der Waals surface area contributed by atoms with E-state index in [1.807, 2.05) is 6.92 Å². The maximum absolute atomic E-state index is 12.3. The molecule has 1 amide bonds. The molecule has 1 aliphatic heterocycles. The standard InChI is InChI=1S/C13H23NO3/c1-8-6-9(2)14(7-8)11(15)10(12(16)17)13(3,4)5/h8-10H,6-7H2,1-5H3,(H,16,17). The molecule has 98 valence electrons. The van der Waals surface area contributed by atoms with Gasteiger partial charge < -0.3 is 10.0 Å². The maximum Gasteiger partial charge on any atom is 0.316 e. The number of hydrogen-bond acceptors (Lipinski definition) is 2. The molecule has 1 heterocycles. The Morgan fingerprint density at radius 3 is 2.12 bits per heavy atom. The Morgan fingerprint density at radius 1 is 1.29 bits per heavy atom. The van der Waals surface area contributed by atoms with Crippen LogP contribution in [0.3, 0.4) is 0 Å². The lowest BCUT2D eigenvalue weighted by atomic mass is 9.79. The van der Waals surface area contributed by atoms with Gasteiger partial charge >= 0.3 is 5.97 Å². The molecule has 3 atom stereocenters. The molecule has 1 saturated heterocycles. The van der Waals surface area contributed by atoms with Crippen LogP contribution in [0.1, 0.15) is 41.0 Å². The predicted molar refractivity (Wildman–Crippen MR) is 65.5 cm³/mol. The molecule has 1 fully saturated rings. The van der Waals surface area contributed by atoms with Crippen molar-refractivity contribution in [3.05, 3.63) is 0 Å². The van der Waals surface area contributed by atoms with Crippen molar-refractivity contribution in [3.63, 3.8) is 0 Å². The molecule has 4 heteroatoms. The first-order valence-corrected chi connectivity index (χ1v) is 6.18. The summed E-state index contributed by atoms with van der Waals surface area (Å²) in [5, 5.41) is 9.24. The Bertz CT molecular complexity index is 319. The molecule has 0 saturated carbocycles. The number of nitrogens with zero attached hydrogens (tertiary/aromatic N) is 1. The van der Waals surface area contributed by atoms with Crippen molar-refractivity contribution < 1.29 is 14.7 Å². The highest BCUT2D eigenvalue weighted by atomic mass is 16.4. The summed E-state index contributed by atoms with van der Waals surface area (Å²) in [6.45, 7) is 10.2. The van der Waals surface area contributed by atoms with Gasteiger partial charge in [0.1, 0.15) is 5.92 Å². The Morgan fingerprint density at radius 2 is 1.82 bits per heavy atom. The van der Waals surface area contributed by atoms with Gasteiger partial charge in [-0.3, -0.25) is 9.59 Å². The second-order valence-corrected chi connectivity index (χ2v) is 6.32. The first-order chi connectivity index (χ1) is 7.64. The Hall–Kier alpha value is -1.06. The molecule has 4 nitrogen and oxygen atoms in total. The number of rotatable bonds is 2. The summed E-state index contributed by atoms with van der Waals surface area (Å²) in [6, 6.07) is 0.154. The average molecular weight is 241 g/mol. The van der Waals surface area contributed by atoms with Gasteiger partial charge in [0.2, 0.25) is 5.91 Å². The van der Waals surface area contributed by atoms with Crippen LogP contribution in [-0.4, -0.2) is 34.5 Å². The van der Waals surface area contributed by atoms with E-state index in [-0.39, 0.29) is 11.9 Å². The Balaban J connectivity index is 2.90. The van der Waals surface area contributed by atoms with Crippen molar-refractivity contribution in [2.45, 2.75) is 47.1 Å². The summed E-state index contributed by atoms with van der Waals surface area (Å²) in [5.41, 5.74) is -0.547. The van der Waals surface area contributed by atoms with Crippen molar-refractivity contribution in [2.75, 3.05) is 6.54 Å². The molecule has 17 heavy (non-hydrogen) atoms. The molecule has 0 aromatic carbocycles. The van der Waals surface area contributed by atoms with Crippen LogP contribution < -0.4 is 0 Å². The van der Waals surface area contributed by atoms with E-state index in [4.69, 9.17) is 0 Å². The summed E-state index contributed by atoms with van der Waals surface area (Å²) < 4.78 is 0. The normalized spacial score (nSPS) is 27.0. The number of carboxylic acid groups (broad SMARTS) is 1.